The van der Waals surface area contributed by atoms with Crippen LogP contribution in [0.1, 0.15) is 22.6 Å². The Labute approximate surface area is 122 Å². The van der Waals surface area contributed by atoms with Crippen LogP contribution in [0.25, 0.3) is 11.0 Å². The summed E-state index contributed by atoms with van der Waals surface area (Å²) in [6, 6.07) is 6.78. The van der Waals surface area contributed by atoms with E-state index in [9.17, 15) is 4.39 Å². The van der Waals surface area contributed by atoms with Crippen LogP contribution in [0.5, 0.6) is 0 Å². The Morgan fingerprint density at radius 3 is 2.57 bits per heavy atom. The third-order valence-electron chi connectivity index (χ3n) is 3.89. The number of benzene rings is 1. The Hall–Kier alpha value is -2.43. The monoisotopic (exact) mass is 284 g/mol. The van der Waals surface area contributed by atoms with Crippen LogP contribution in [0.4, 0.5) is 10.2 Å². The number of fused-ring (bicyclic) bond motifs is 1. The predicted molar refractivity (Wildman–Crippen MR) is 81.7 cm³/mol. The molecule has 0 unspecified atom stereocenters. The number of nitrogens with zero attached hydrogens (tertiary/aromatic N) is 3. The van der Waals surface area contributed by atoms with Crippen LogP contribution in [0.15, 0.2) is 24.3 Å². The smallest absolute Gasteiger partial charge is 0.146 e. The van der Waals surface area contributed by atoms with Gasteiger partial charge in [-0.2, -0.15) is 0 Å². The van der Waals surface area contributed by atoms with Gasteiger partial charge in [0, 0.05) is 11.3 Å². The zero-order valence-corrected chi connectivity index (χ0v) is 12.3. The molecule has 2 aromatic heterocycles. The van der Waals surface area contributed by atoms with Gasteiger partial charge in [0.1, 0.15) is 23.1 Å². The number of aryl methyl sites for hydroxylation is 2. The molecular formula is C16H17FN4. The first-order valence-corrected chi connectivity index (χ1v) is 6.82. The summed E-state index contributed by atoms with van der Waals surface area (Å²) in [6.45, 7) is 6.22. The third-order valence-corrected chi connectivity index (χ3v) is 3.89. The molecule has 0 spiro atoms. The van der Waals surface area contributed by atoms with Crippen molar-refractivity contribution >= 4 is 16.9 Å². The van der Waals surface area contributed by atoms with E-state index in [0.29, 0.717) is 23.8 Å². The second-order valence-electron chi connectivity index (χ2n) is 5.24. The molecule has 2 heterocycles. The van der Waals surface area contributed by atoms with Crippen LogP contribution in [0.3, 0.4) is 0 Å². The van der Waals surface area contributed by atoms with E-state index in [-0.39, 0.29) is 5.82 Å². The number of nitrogens with two attached hydrogens (primary N) is 1. The average molecular weight is 284 g/mol. The fourth-order valence-electron chi connectivity index (χ4n) is 2.67. The lowest BCUT2D eigenvalue weighted by atomic mass is 10.2. The van der Waals surface area contributed by atoms with Crippen molar-refractivity contribution in [2.24, 2.45) is 0 Å². The molecule has 2 N–H and O–H groups in total. The highest BCUT2D eigenvalue weighted by Crippen LogP contribution is 2.28. The summed E-state index contributed by atoms with van der Waals surface area (Å²) in [6.07, 6.45) is 0. The van der Waals surface area contributed by atoms with Gasteiger partial charge in [0.2, 0.25) is 0 Å². The Kier molecular flexibility index (Phi) is 3.12. The molecule has 0 fully saturated rings. The van der Waals surface area contributed by atoms with Gasteiger partial charge in [-0.1, -0.05) is 18.2 Å². The lowest BCUT2D eigenvalue weighted by molar-refractivity contribution is 0.599. The van der Waals surface area contributed by atoms with Gasteiger partial charge in [-0.05, 0) is 32.4 Å². The van der Waals surface area contributed by atoms with Crippen LogP contribution in [0.2, 0.25) is 0 Å². The fourth-order valence-corrected chi connectivity index (χ4v) is 2.67. The molecule has 0 atom stereocenters. The predicted octanol–water partition coefficient (Wildman–Crippen LogP) is 3.13. The summed E-state index contributed by atoms with van der Waals surface area (Å²) in [5.41, 5.74) is 9.49. The van der Waals surface area contributed by atoms with Crippen LogP contribution < -0.4 is 5.73 Å². The topological polar surface area (TPSA) is 56.7 Å². The van der Waals surface area contributed by atoms with Crippen molar-refractivity contribution in [1.82, 2.24) is 14.5 Å². The first-order valence-electron chi connectivity index (χ1n) is 6.82. The first kappa shape index (κ1) is 13.5. The highest BCUT2D eigenvalue weighted by atomic mass is 19.1. The summed E-state index contributed by atoms with van der Waals surface area (Å²) in [4.78, 5) is 8.71. The highest BCUT2D eigenvalue weighted by Gasteiger charge is 2.17. The number of rotatable bonds is 2. The van der Waals surface area contributed by atoms with E-state index in [4.69, 9.17) is 5.73 Å². The van der Waals surface area contributed by atoms with Crippen molar-refractivity contribution in [3.05, 3.63) is 52.7 Å². The van der Waals surface area contributed by atoms with Gasteiger partial charge in [0.05, 0.1) is 11.9 Å². The van der Waals surface area contributed by atoms with Gasteiger partial charge >= 0.3 is 0 Å². The summed E-state index contributed by atoms with van der Waals surface area (Å²) in [7, 11) is 0. The quantitative estimate of drug-likeness (QED) is 0.786. The van der Waals surface area contributed by atoms with Gasteiger partial charge in [0.25, 0.3) is 0 Å². The van der Waals surface area contributed by atoms with E-state index in [1.54, 1.807) is 19.1 Å². The Morgan fingerprint density at radius 2 is 1.86 bits per heavy atom. The Balaban J connectivity index is 2.23. The second-order valence-corrected chi connectivity index (χ2v) is 5.24. The Bertz CT molecular complexity index is 836. The second kappa shape index (κ2) is 4.84. The van der Waals surface area contributed by atoms with Crippen LogP contribution in [-0.4, -0.2) is 14.5 Å². The number of halogens is 1. The van der Waals surface area contributed by atoms with E-state index in [1.165, 1.54) is 6.07 Å². The lowest BCUT2D eigenvalue weighted by Gasteiger charge is -2.09. The Morgan fingerprint density at radius 1 is 1.14 bits per heavy atom. The molecule has 0 saturated carbocycles. The first-order chi connectivity index (χ1) is 9.99. The van der Waals surface area contributed by atoms with Gasteiger partial charge in [-0.15, -0.1) is 0 Å². The minimum atomic E-state index is -0.213. The molecule has 3 rings (SSSR count). The number of hydrogen-bond acceptors (Lipinski definition) is 3. The molecule has 0 saturated heterocycles. The van der Waals surface area contributed by atoms with Gasteiger partial charge in [-0.25, -0.2) is 14.4 Å². The number of anilines is 1. The van der Waals surface area contributed by atoms with E-state index >= 15 is 0 Å². The standard InChI is InChI=1S/C16H17FN4/c1-9-10(2)21(8-12-6-4-5-7-13(12)17)16-14(9)15(18)19-11(3)20-16/h4-7H,8H2,1-3H3,(H2,18,19,20). The van der Waals surface area contributed by atoms with Gasteiger partial charge in [-0.3, -0.25) is 0 Å². The molecule has 21 heavy (non-hydrogen) atoms. The molecule has 3 aromatic rings. The fraction of sp³-hybridized carbons (Fsp3) is 0.250. The summed E-state index contributed by atoms with van der Waals surface area (Å²) >= 11 is 0. The largest absolute Gasteiger partial charge is 0.383 e. The summed E-state index contributed by atoms with van der Waals surface area (Å²) in [5.74, 6) is 0.882. The van der Waals surface area contributed by atoms with E-state index in [0.717, 1.165) is 22.3 Å². The van der Waals surface area contributed by atoms with Crippen molar-refractivity contribution in [2.75, 3.05) is 5.73 Å². The van der Waals surface area contributed by atoms with E-state index < -0.39 is 0 Å². The molecular weight excluding hydrogens is 267 g/mol. The van der Waals surface area contributed by atoms with E-state index in [1.807, 2.05) is 24.5 Å². The third kappa shape index (κ3) is 2.14. The van der Waals surface area contributed by atoms with Crippen molar-refractivity contribution < 1.29 is 4.39 Å². The maximum atomic E-state index is 13.9. The maximum absolute atomic E-state index is 13.9. The molecule has 108 valence electrons. The lowest BCUT2D eigenvalue weighted by Crippen LogP contribution is -2.06. The SMILES string of the molecule is Cc1nc(N)c2c(C)c(C)n(Cc3ccccc3F)c2n1. The summed E-state index contributed by atoms with van der Waals surface area (Å²) < 4.78 is 15.9. The molecule has 0 aliphatic heterocycles. The number of hydrogen-bond donors (Lipinski definition) is 1. The zero-order valence-electron chi connectivity index (χ0n) is 12.3. The molecule has 0 amide bonds. The number of aromatic nitrogens is 3. The van der Waals surface area contributed by atoms with Crippen molar-refractivity contribution in [3.63, 3.8) is 0 Å². The average Bonchev–Trinajstić information content (AvgIpc) is 2.66. The minimum Gasteiger partial charge on any atom is -0.383 e. The minimum absolute atomic E-state index is 0.213. The van der Waals surface area contributed by atoms with E-state index in [2.05, 4.69) is 9.97 Å². The van der Waals surface area contributed by atoms with Crippen LogP contribution >= 0.6 is 0 Å². The molecule has 1 aromatic carbocycles. The van der Waals surface area contributed by atoms with Gasteiger partial charge in [0.15, 0.2) is 0 Å². The molecule has 4 nitrogen and oxygen atoms in total. The van der Waals surface area contributed by atoms with Gasteiger partial charge < -0.3 is 10.3 Å². The zero-order chi connectivity index (χ0) is 15.1. The normalized spacial score (nSPS) is 11.2. The molecule has 0 aliphatic carbocycles. The molecule has 0 bridgehead atoms. The summed E-state index contributed by atoms with van der Waals surface area (Å²) in [5, 5.41) is 0.856. The van der Waals surface area contributed by atoms with Crippen molar-refractivity contribution in [2.45, 2.75) is 27.3 Å². The maximum Gasteiger partial charge on any atom is 0.146 e. The van der Waals surface area contributed by atoms with Crippen LogP contribution in [-0.2, 0) is 6.54 Å². The van der Waals surface area contributed by atoms with Crippen molar-refractivity contribution in [3.8, 4) is 0 Å². The molecule has 0 radical (unpaired) electrons. The van der Waals surface area contributed by atoms with Crippen molar-refractivity contribution in [1.29, 1.82) is 0 Å². The highest BCUT2D eigenvalue weighted by molar-refractivity contribution is 5.91. The number of nitrogen functional groups attached to an aromatic ring is 1. The molecule has 5 heteroatoms. The van der Waals surface area contributed by atoms with Crippen LogP contribution in [0, 0.1) is 26.6 Å². The molecule has 0 aliphatic rings.